The minimum atomic E-state index is -1.38. The molecule has 0 unspecified atom stereocenters. The van der Waals surface area contributed by atoms with Gasteiger partial charge in [-0.2, -0.15) is 0 Å². The zero-order valence-electron chi connectivity index (χ0n) is 24.9. The van der Waals surface area contributed by atoms with E-state index in [1.54, 1.807) is 14.2 Å². The van der Waals surface area contributed by atoms with Gasteiger partial charge in [0, 0.05) is 47.5 Å². The lowest BCUT2D eigenvalue weighted by Gasteiger charge is -2.19. The summed E-state index contributed by atoms with van der Waals surface area (Å²) in [6.45, 7) is 4.49. The van der Waals surface area contributed by atoms with Gasteiger partial charge in [0.15, 0.2) is 0 Å². The van der Waals surface area contributed by atoms with Crippen LogP contribution in [0.15, 0.2) is 60.7 Å². The SMILES string of the molecule is COCCc1cccc(C)c1NC(=O)c1ccc(C(=O)Nc2c(C)cccc2CCOC)c2c(C(=O)O)ccc(C(=O)O)c12. The topological polar surface area (TPSA) is 151 Å². The van der Waals surface area contributed by atoms with Gasteiger partial charge in [0.05, 0.1) is 24.3 Å². The molecule has 0 saturated carbocycles. The Kier molecular flexibility index (Phi) is 10.1. The summed E-state index contributed by atoms with van der Waals surface area (Å²) in [5.41, 5.74) is 3.46. The molecule has 10 heteroatoms. The maximum Gasteiger partial charge on any atom is 0.336 e. The van der Waals surface area contributed by atoms with Crippen molar-refractivity contribution in [3.05, 3.63) is 105 Å². The van der Waals surface area contributed by atoms with Gasteiger partial charge in [0.25, 0.3) is 11.8 Å². The number of carboxylic acid groups (broad SMARTS) is 2. The third-order valence-electron chi connectivity index (χ3n) is 7.46. The van der Waals surface area contributed by atoms with E-state index in [9.17, 15) is 29.4 Å². The molecule has 4 aromatic carbocycles. The van der Waals surface area contributed by atoms with Gasteiger partial charge in [-0.3, -0.25) is 9.59 Å². The first-order chi connectivity index (χ1) is 21.1. The molecule has 44 heavy (non-hydrogen) atoms. The summed E-state index contributed by atoms with van der Waals surface area (Å²) in [7, 11) is 3.15. The zero-order valence-corrected chi connectivity index (χ0v) is 24.9. The summed E-state index contributed by atoms with van der Waals surface area (Å²) in [6.07, 6.45) is 1.03. The van der Waals surface area contributed by atoms with E-state index in [-0.39, 0.29) is 33.0 Å². The molecule has 0 aromatic heterocycles. The summed E-state index contributed by atoms with van der Waals surface area (Å²) in [5.74, 6) is -4.06. The minimum absolute atomic E-state index is 0.0883. The number of nitrogens with one attached hydrogen (secondary N) is 2. The van der Waals surface area contributed by atoms with Crippen molar-refractivity contribution in [3.63, 3.8) is 0 Å². The molecule has 0 radical (unpaired) electrons. The number of methoxy groups -OCH3 is 2. The largest absolute Gasteiger partial charge is 0.478 e. The molecule has 0 aliphatic rings. The first-order valence-corrected chi connectivity index (χ1v) is 13.9. The van der Waals surface area contributed by atoms with Crippen molar-refractivity contribution in [1.82, 2.24) is 0 Å². The second-order valence-electron chi connectivity index (χ2n) is 10.3. The van der Waals surface area contributed by atoms with Gasteiger partial charge in [-0.1, -0.05) is 36.4 Å². The first kappa shape index (κ1) is 31.9. The lowest BCUT2D eigenvalue weighted by Crippen LogP contribution is -2.20. The van der Waals surface area contributed by atoms with E-state index in [4.69, 9.17) is 9.47 Å². The number of rotatable bonds is 12. The smallest absolute Gasteiger partial charge is 0.336 e. The second kappa shape index (κ2) is 13.9. The number of anilines is 2. The molecule has 0 atom stereocenters. The molecule has 0 fully saturated rings. The van der Waals surface area contributed by atoms with E-state index in [1.165, 1.54) is 12.1 Å². The Bertz CT molecular complexity index is 1630. The maximum atomic E-state index is 13.8. The number of carbonyl (C=O) groups excluding carboxylic acids is 2. The molecule has 0 heterocycles. The highest BCUT2D eigenvalue weighted by atomic mass is 16.5. The highest BCUT2D eigenvalue weighted by molar-refractivity contribution is 6.26. The van der Waals surface area contributed by atoms with Crippen LogP contribution in [0, 0.1) is 13.8 Å². The average Bonchev–Trinajstić information content (AvgIpc) is 3.00. The molecule has 10 nitrogen and oxygen atoms in total. The molecular formula is C34H34N2O8. The Balaban J connectivity index is 1.90. The lowest BCUT2D eigenvalue weighted by atomic mass is 9.90. The number of amides is 2. The molecule has 0 saturated heterocycles. The number of benzene rings is 4. The number of ether oxygens (including phenoxy) is 2. The van der Waals surface area contributed by atoms with Gasteiger partial charge in [-0.05, 0) is 73.2 Å². The number of hydrogen-bond donors (Lipinski definition) is 4. The normalized spacial score (nSPS) is 10.9. The first-order valence-electron chi connectivity index (χ1n) is 13.9. The van der Waals surface area contributed by atoms with Crippen LogP contribution >= 0.6 is 0 Å². The van der Waals surface area contributed by atoms with Crippen molar-refractivity contribution in [2.45, 2.75) is 26.7 Å². The minimum Gasteiger partial charge on any atom is -0.478 e. The summed E-state index contributed by atoms with van der Waals surface area (Å²) >= 11 is 0. The predicted molar refractivity (Wildman–Crippen MR) is 167 cm³/mol. The molecule has 228 valence electrons. The van der Waals surface area contributed by atoms with Crippen molar-refractivity contribution < 1.29 is 38.9 Å². The molecule has 0 bridgehead atoms. The quantitative estimate of drug-likeness (QED) is 0.161. The number of aromatic carboxylic acids is 2. The average molecular weight is 599 g/mol. The Morgan fingerprint density at radius 2 is 0.955 bits per heavy atom. The highest BCUT2D eigenvalue weighted by Crippen LogP contribution is 2.33. The molecule has 4 aromatic rings. The van der Waals surface area contributed by atoms with Crippen molar-refractivity contribution in [1.29, 1.82) is 0 Å². The van der Waals surface area contributed by atoms with Crippen molar-refractivity contribution >= 4 is 45.9 Å². The van der Waals surface area contributed by atoms with E-state index < -0.39 is 23.8 Å². The fourth-order valence-electron chi connectivity index (χ4n) is 5.25. The van der Waals surface area contributed by atoms with Crippen LogP contribution in [0.4, 0.5) is 11.4 Å². The van der Waals surface area contributed by atoms with Crippen LogP contribution in [-0.4, -0.2) is 61.4 Å². The molecule has 4 rings (SSSR count). The number of para-hydroxylation sites is 2. The third kappa shape index (κ3) is 6.61. The Morgan fingerprint density at radius 3 is 1.30 bits per heavy atom. The Labute approximate surface area is 254 Å². The molecule has 0 spiro atoms. The van der Waals surface area contributed by atoms with Gasteiger partial charge in [0.1, 0.15) is 0 Å². The lowest BCUT2D eigenvalue weighted by molar-refractivity contribution is 0.0684. The maximum absolute atomic E-state index is 13.8. The third-order valence-corrected chi connectivity index (χ3v) is 7.46. The van der Waals surface area contributed by atoms with Crippen molar-refractivity contribution in [3.8, 4) is 0 Å². The molecule has 2 amide bonds. The molecule has 0 aliphatic heterocycles. The van der Waals surface area contributed by atoms with Gasteiger partial charge < -0.3 is 30.3 Å². The van der Waals surface area contributed by atoms with E-state index >= 15 is 0 Å². The van der Waals surface area contributed by atoms with E-state index in [0.29, 0.717) is 37.4 Å². The number of aryl methyl sites for hydroxylation is 2. The summed E-state index contributed by atoms with van der Waals surface area (Å²) < 4.78 is 10.4. The second-order valence-corrected chi connectivity index (χ2v) is 10.3. The zero-order chi connectivity index (χ0) is 32.0. The van der Waals surface area contributed by atoms with Crippen LogP contribution in [0.5, 0.6) is 0 Å². The van der Waals surface area contributed by atoms with Crippen molar-refractivity contribution in [2.75, 3.05) is 38.1 Å². The van der Waals surface area contributed by atoms with Crippen LogP contribution in [0.2, 0.25) is 0 Å². The number of fused-ring (bicyclic) bond motifs is 1. The Hall–Kier alpha value is -5.06. The van der Waals surface area contributed by atoms with Gasteiger partial charge in [-0.25, -0.2) is 9.59 Å². The van der Waals surface area contributed by atoms with Crippen LogP contribution in [0.3, 0.4) is 0 Å². The van der Waals surface area contributed by atoms with Gasteiger partial charge >= 0.3 is 11.9 Å². The molecular weight excluding hydrogens is 564 g/mol. The van der Waals surface area contributed by atoms with Gasteiger partial charge in [-0.15, -0.1) is 0 Å². The molecule has 4 N–H and O–H groups in total. The fraction of sp³-hybridized carbons (Fsp3) is 0.235. The monoisotopic (exact) mass is 598 g/mol. The van der Waals surface area contributed by atoms with Crippen molar-refractivity contribution in [2.24, 2.45) is 0 Å². The molecule has 0 aliphatic carbocycles. The Morgan fingerprint density at radius 1 is 0.591 bits per heavy atom. The summed E-state index contributed by atoms with van der Waals surface area (Å²) in [5, 5.41) is 25.7. The number of carboxylic acids is 2. The van der Waals surface area contributed by atoms with E-state index in [2.05, 4.69) is 10.6 Å². The predicted octanol–water partition coefficient (Wildman–Crippen LogP) is 5.74. The summed E-state index contributed by atoms with van der Waals surface area (Å²) in [6, 6.07) is 16.0. The standard InChI is InChI=1S/C34H34N2O8/c1-19-7-5-9-21(15-17-43-3)29(19)35-31(37)23-11-12-24(28-26(34(41)42)14-13-25(27(23)28)33(39)40)32(38)36-30-20(2)8-6-10-22(30)16-18-44-4/h5-14H,15-18H2,1-4H3,(H,35,37)(H,36,38)(H,39,40)(H,41,42). The fourth-order valence-corrected chi connectivity index (χ4v) is 5.25. The van der Waals surface area contributed by atoms with Crippen LogP contribution in [-0.2, 0) is 22.3 Å². The number of hydrogen-bond acceptors (Lipinski definition) is 6. The summed E-state index contributed by atoms with van der Waals surface area (Å²) in [4.78, 5) is 52.5. The van der Waals surface area contributed by atoms with Gasteiger partial charge in [0.2, 0.25) is 0 Å². The van der Waals surface area contributed by atoms with E-state index in [1.807, 2.05) is 50.2 Å². The number of carbonyl (C=O) groups is 4. The van der Waals surface area contributed by atoms with Crippen LogP contribution in [0.25, 0.3) is 10.8 Å². The highest BCUT2D eigenvalue weighted by Gasteiger charge is 2.26. The van der Waals surface area contributed by atoms with Crippen LogP contribution in [0.1, 0.15) is 63.7 Å². The van der Waals surface area contributed by atoms with Crippen LogP contribution < -0.4 is 10.6 Å². The van der Waals surface area contributed by atoms with E-state index in [0.717, 1.165) is 34.4 Å².